The first-order valence-corrected chi connectivity index (χ1v) is 4.66. The summed E-state index contributed by atoms with van der Waals surface area (Å²) in [5, 5.41) is 1.33. The quantitative estimate of drug-likeness (QED) is 0.640. The van der Waals surface area contributed by atoms with Gasteiger partial charge in [0.25, 0.3) is 5.65 Å². The third kappa shape index (κ3) is 1.22. The largest absolute Gasteiger partial charge is 0.286 e. The van der Waals surface area contributed by atoms with Crippen LogP contribution in [0.1, 0.15) is 25.3 Å². The molecule has 0 amide bonds. The molecule has 2 aromatic heterocycles. The molecular formula is C11H15N2+. The molecule has 2 nitrogen and oxygen atoms in total. The van der Waals surface area contributed by atoms with Gasteiger partial charge in [-0.2, -0.15) is 0 Å². The highest BCUT2D eigenvalue weighted by atomic mass is 15.0. The Labute approximate surface area is 78.2 Å². The Morgan fingerprint density at radius 1 is 1.38 bits per heavy atom. The van der Waals surface area contributed by atoms with Crippen molar-refractivity contribution >= 4 is 11.0 Å². The zero-order valence-corrected chi connectivity index (χ0v) is 8.33. The maximum Gasteiger partial charge on any atom is 0.286 e. The van der Waals surface area contributed by atoms with Crippen LogP contribution in [0.15, 0.2) is 24.5 Å². The predicted molar refractivity (Wildman–Crippen MR) is 53.6 cm³/mol. The van der Waals surface area contributed by atoms with Gasteiger partial charge in [-0.25, -0.2) is 9.55 Å². The number of rotatable bonds is 1. The van der Waals surface area contributed by atoms with Crippen LogP contribution in [0.3, 0.4) is 0 Å². The number of hydrogen-bond acceptors (Lipinski definition) is 0. The second-order valence-electron chi connectivity index (χ2n) is 3.78. The molecule has 0 aromatic carbocycles. The summed E-state index contributed by atoms with van der Waals surface area (Å²) in [5.74, 6) is 0.580. The number of fused-ring (bicyclic) bond motifs is 1. The van der Waals surface area contributed by atoms with Gasteiger partial charge in [-0.15, -0.1) is 0 Å². The molecule has 1 N–H and O–H groups in total. The minimum atomic E-state index is 0.580. The molecule has 2 rings (SSSR count). The number of pyridine rings is 1. The van der Waals surface area contributed by atoms with Crippen molar-refractivity contribution in [1.82, 2.24) is 4.98 Å². The van der Waals surface area contributed by atoms with Crippen molar-refractivity contribution in [1.29, 1.82) is 0 Å². The molecule has 0 aliphatic carbocycles. The number of aromatic amines is 1. The van der Waals surface area contributed by atoms with Crippen LogP contribution in [-0.2, 0) is 7.05 Å². The lowest BCUT2D eigenvalue weighted by molar-refractivity contribution is -0.646. The highest BCUT2D eigenvalue weighted by Gasteiger charge is 2.12. The Morgan fingerprint density at radius 3 is 2.85 bits per heavy atom. The summed E-state index contributed by atoms with van der Waals surface area (Å²) in [6, 6.07) is 4.25. The van der Waals surface area contributed by atoms with E-state index >= 15 is 0 Å². The number of aryl methyl sites for hydroxylation is 1. The Bertz CT molecular complexity index is 427. The van der Waals surface area contributed by atoms with E-state index in [-0.39, 0.29) is 0 Å². The average Bonchev–Trinajstić information content (AvgIpc) is 2.48. The van der Waals surface area contributed by atoms with Gasteiger partial charge in [0, 0.05) is 5.56 Å². The van der Waals surface area contributed by atoms with E-state index in [0.29, 0.717) is 5.92 Å². The second kappa shape index (κ2) is 2.87. The Morgan fingerprint density at radius 2 is 2.15 bits per heavy atom. The lowest BCUT2D eigenvalue weighted by atomic mass is 10.0. The van der Waals surface area contributed by atoms with Gasteiger partial charge in [0.1, 0.15) is 0 Å². The molecule has 0 fully saturated rings. The summed E-state index contributed by atoms with van der Waals surface area (Å²) < 4.78 is 2.11. The van der Waals surface area contributed by atoms with Crippen LogP contribution in [0.5, 0.6) is 0 Å². The lowest BCUT2D eigenvalue weighted by Gasteiger charge is -1.99. The molecular weight excluding hydrogens is 160 g/mol. The fourth-order valence-electron chi connectivity index (χ4n) is 1.73. The first kappa shape index (κ1) is 8.30. The molecule has 0 radical (unpaired) electrons. The predicted octanol–water partition coefficient (Wildman–Crippen LogP) is 2.12. The fourth-order valence-corrected chi connectivity index (χ4v) is 1.73. The minimum Gasteiger partial charge on any atom is -0.247 e. The van der Waals surface area contributed by atoms with Crippen molar-refractivity contribution in [3.63, 3.8) is 0 Å². The van der Waals surface area contributed by atoms with Gasteiger partial charge >= 0.3 is 0 Å². The van der Waals surface area contributed by atoms with Gasteiger partial charge in [-0.3, -0.25) is 0 Å². The number of aromatic nitrogens is 2. The highest BCUT2D eigenvalue weighted by Crippen LogP contribution is 2.22. The first-order chi connectivity index (χ1) is 6.20. The van der Waals surface area contributed by atoms with Gasteiger partial charge < -0.3 is 0 Å². The van der Waals surface area contributed by atoms with Crippen molar-refractivity contribution in [3.05, 3.63) is 30.1 Å². The standard InChI is InChI=1S/C11H14N2/c1-8(2)10-7-12-11-9(10)5-4-6-13(11)3/h4-8H,1-3H3/p+1. The Balaban J connectivity index is 2.75. The summed E-state index contributed by atoms with van der Waals surface area (Å²) in [6.07, 6.45) is 4.16. The third-order valence-electron chi connectivity index (χ3n) is 2.48. The van der Waals surface area contributed by atoms with Crippen LogP contribution in [0.25, 0.3) is 11.0 Å². The van der Waals surface area contributed by atoms with Crippen molar-refractivity contribution in [2.45, 2.75) is 19.8 Å². The van der Waals surface area contributed by atoms with Gasteiger partial charge in [-0.1, -0.05) is 13.8 Å². The van der Waals surface area contributed by atoms with E-state index in [1.807, 2.05) is 0 Å². The number of H-pyrrole nitrogens is 1. The molecule has 2 aromatic rings. The minimum absolute atomic E-state index is 0.580. The molecule has 2 heterocycles. The highest BCUT2D eigenvalue weighted by molar-refractivity contribution is 5.77. The number of nitrogens with one attached hydrogen (secondary N) is 1. The zero-order valence-electron chi connectivity index (χ0n) is 8.33. The van der Waals surface area contributed by atoms with Crippen LogP contribution < -0.4 is 4.57 Å². The van der Waals surface area contributed by atoms with Crippen molar-refractivity contribution in [2.75, 3.05) is 0 Å². The molecule has 0 atom stereocenters. The maximum absolute atomic E-state index is 3.30. The molecule has 0 saturated heterocycles. The third-order valence-corrected chi connectivity index (χ3v) is 2.48. The summed E-state index contributed by atoms with van der Waals surface area (Å²) in [6.45, 7) is 4.44. The Hall–Kier alpha value is -1.31. The van der Waals surface area contributed by atoms with Crippen LogP contribution in [-0.4, -0.2) is 4.98 Å². The topological polar surface area (TPSA) is 19.7 Å². The van der Waals surface area contributed by atoms with E-state index < -0.39 is 0 Å². The van der Waals surface area contributed by atoms with E-state index in [9.17, 15) is 0 Å². The molecule has 13 heavy (non-hydrogen) atoms. The number of hydrogen-bond donors (Lipinski definition) is 1. The van der Waals surface area contributed by atoms with E-state index in [4.69, 9.17) is 0 Å². The molecule has 0 aliphatic rings. The van der Waals surface area contributed by atoms with Gasteiger partial charge in [0.05, 0.1) is 24.8 Å². The van der Waals surface area contributed by atoms with Gasteiger partial charge in [-0.05, 0) is 18.1 Å². The maximum atomic E-state index is 3.30. The molecule has 0 bridgehead atoms. The fraction of sp³-hybridized carbons (Fsp3) is 0.364. The monoisotopic (exact) mass is 175 g/mol. The van der Waals surface area contributed by atoms with E-state index in [0.717, 1.165) is 0 Å². The molecule has 0 saturated carbocycles. The van der Waals surface area contributed by atoms with Crippen molar-refractivity contribution < 1.29 is 4.57 Å². The first-order valence-electron chi connectivity index (χ1n) is 4.66. The summed E-state index contributed by atoms with van der Waals surface area (Å²) in [4.78, 5) is 3.30. The summed E-state index contributed by atoms with van der Waals surface area (Å²) >= 11 is 0. The van der Waals surface area contributed by atoms with Crippen LogP contribution in [0.2, 0.25) is 0 Å². The normalized spacial score (nSPS) is 11.4. The van der Waals surface area contributed by atoms with Crippen LogP contribution >= 0.6 is 0 Å². The molecule has 0 aliphatic heterocycles. The average molecular weight is 175 g/mol. The second-order valence-corrected chi connectivity index (χ2v) is 3.78. The lowest BCUT2D eigenvalue weighted by Crippen LogP contribution is -2.28. The van der Waals surface area contributed by atoms with E-state index in [1.54, 1.807) is 0 Å². The summed E-state index contributed by atoms with van der Waals surface area (Å²) in [7, 11) is 2.06. The van der Waals surface area contributed by atoms with E-state index in [2.05, 4.69) is 55.0 Å². The van der Waals surface area contributed by atoms with Crippen LogP contribution in [0, 0.1) is 0 Å². The number of nitrogens with zero attached hydrogens (tertiary/aromatic N) is 1. The van der Waals surface area contributed by atoms with Gasteiger partial charge in [0.2, 0.25) is 0 Å². The Kier molecular flexibility index (Phi) is 1.83. The molecule has 0 unspecified atom stereocenters. The zero-order chi connectivity index (χ0) is 9.42. The van der Waals surface area contributed by atoms with Crippen molar-refractivity contribution in [3.8, 4) is 0 Å². The molecule has 2 heteroatoms. The van der Waals surface area contributed by atoms with Crippen LogP contribution in [0.4, 0.5) is 0 Å². The molecule has 68 valence electrons. The molecule has 0 spiro atoms. The summed E-state index contributed by atoms with van der Waals surface area (Å²) in [5.41, 5.74) is 2.59. The van der Waals surface area contributed by atoms with E-state index in [1.165, 1.54) is 16.6 Å². The van der Waals surface area contributed by atoms with Crippen molar-refractivity contribution in [2.24, 2.45) is 7.05 Å². The smallest absolute Gasteiger partial charge is 0.247 e. The van der Waals surface area contributed by atoms with Gasteiger partial charge in [0.15, 0.2) is 0 Å². The SMILES string of the molecule is CC(C)c1c[nH]c2c1ccc[n+]2C.